The largest absolute Gasteiger partial charge is 0.508 e. The zero-order valence-corrected chi connectivity index (χ0v) is 10.2. The fourth-order valence-electron chi connectivity index (χ4n) is 1.50. The van der Waals surface area contributed by atoms with Crippen molar-refractivity contribution in [2.75, 3.05) is 0 Å². The van der Waals surface area contributed by atoms with Gasteiger partial charge in [0.1, 0.15) is 5.75 Å². The highest BCUT2D eigenvalue weighted by atomic mass is 79.9. The van der Waals surface area contributed by atoms with Crippen LogP contribution >= 0.6 is 15.9 Å². The zero-order chi connectivity index (χ0) is 10.4. The molecule has 0 saturated carbocycles. The van der Waals surface area contributed by atoms with Crippen LogP contribution in [0.2, 0.25) is 0 Å². The van der Waals surface area contributed by atoms with Crippen LogP contribution in [0.3, 0.4) is 0 Å². The Kier molecular flexibility index (Phi) is 5.02. The number of rotatable bonds is 5. The van der Waals surface area contributed by atoms with Gasteiger partial charge in [-0.2, -0.15) is 0 Å². The molecule has 78 valence electrons. The molecular formula is C12H17BrO. The third kappa shape index (κ3) is 3.70. The van der Waals surface area contributed by atoms with Gasteiger partial charge in [0.15, 0.2) is 0 Å². The van der Waals surface area contributed by atoms with E-state index in [4.69, 9.17) is 0 Å². The number of phenolic OH excluding ortho intramolecular Hbond substituents is 1. The van der Waals surface area contributed by atoms with Crippen LogP contribution in [0.4, 0.5) is 0 Å². The molecule has 0 unspecified atom stereocenters. The highest BCUT2D eigenvalue weighted by Gasteiger charge is 2.01. The van der Waals surface area contributed by atoms with Gasteiger partial charge < -0.3 is 5.11 Å². The van der Waals surface area contributed by atoms with E-state index in [0.717, 1.165) is 22.9 Å². The van der Waals surface area contributed by atoms with Crippen molar-refractivity contribution in [3.8, 4) is 5.75 Å². The normalized spacial score (nSPS) is 10.4. The number of halogens is 1. The van der Waals surface area contributed by atoms with Gasteiger partial charge in [-0.1, -0.05) is 42.1 Å². The molecular weight excluding hydrogens is 240 g/mol. The number of hydrogen-bond donors (Lipinski definition) is 1. The van der Waals surface area contributed by atoms with Gasteiger partial charge in [0.25, 0.3) is 0 Å². The van der Waals surface area contributed by atoms with Crippen molar-refractivity contribution in [2.24, 2.45) is 0 Å². The second-order valence-electron chi connectivity index (χ2n) is 3.58. The van der Waals surface area contributed by atoms with E-state index in [1.165, 1.54) is 19.3 Å². The van der Waals surface area contributed by atoms with Crippen molar-refractivity contribution in [1.82, 2.24) is 0 Å². The van der Waals surface area contributed by atoms with Crippen LogP contribution in [-0.4, -0.2) is 5.11 Å². The molecule has 0 radical (unpaired) electrons. The van der Waals surface area contributed by atoms with Crippen LogP contribution in [0, 0.1) is 0 Å². The van der Waals surface area contributed by atoms with Gasteiger partial charge in [-0.3, -0.25) is 0 Å². The van der Waals surface area contributed by atoms with Gasteiger partial charge in [-0.15, -0.1) is 0 Å². The average Bonchev–Trinajstić information content (AvgIpc) is 2.18. The number of unbranched alkanes of at least 4 members (excludes halogenated alkanes) is 3. The molecule has 0 aliphatic carbocycles. The molecule has 14 heavy (non-hydrogen) atoms. The van der Waals surface area contributed by atoms with Crippen LogP contribution in [0.5, 0.6) is 5.75 Å². The van der Waals surface area contributed by atoms with E-state index in [9.17, 15) is 5.11 Å². The molecule has 0 amide bonds. The summed E-state index contributed by atoms with van der Waals surface area (Å²) in [5, 5.41) is 9.57. The first kappa shape index (κ1) is 11.6. The first-order chi connectivity index (χ1) is 6.74. The maximum Gasteiger partial charge on any atom is 0.118 e. The van der Waals surface area contributed by atoms with Crippen molar-refractivity contribution >= 4 is 15.9 Å². The summed E-state index contributed by atoms with van der Waals surface area (Å²) in [5.74, 6) is 0.421. The van der Waals surface area contributed by atoms with Crippen LogP contribution in [0.1, 0.15) is 38.2 Å². The van der Waals surface area contributed by atoms with Gasteiger partial charge in [-0.25, -0.2) is 0 Å². The highest BCUT2D eigenvalue weighted by Crippen LogP contribution is 2.23. The molecule has 0 fully saturated rings. The third-order valence-electron chi connectivity index (χ3n) is 2.34. The second-order valence-corrected chi connectivity index (χ2v) is 4.50. The van der Waals surface area contributed by atoms with E-state index in [1.54, 1.807) is 6.07 Å². The summed E-state index contributed by atoms with van der Waals surface area (Å²) in [4.78, 5) is 0. The Morgan fingerprint density at radius 1 is 1.21 bits per heavy atom. The first-order valence-electron chi connectivity index (χ1n) is 5.21. The van der Waals surface area contributed by atoms with E-state index < -0.39 is 0 Å². The fourth-order valence-corrected chi connectivity index (χ4v) is 1.91. The summed E-state index contributed by atoms with van der Waals surface area (Å²) in [6.45, 7) is 2.20. The van der Waals surface area contributed by atoms with Gasteiger partial charge in [-0.05, 0) is 36.6 Å². The van der Waals surface area contributed by atoms with Crippen LogP contribution in [0.25, 0.3) is 0 Å². The van der Waals surface area contributed by atoms with Gasteiger partial charge in [0.2, 0.25) is 0 Å². The Bertz CT molecular complexity index is 284. The molecule has 1 N–H and O–H groups in total. The SMILES string of the molecule is CCCCCCc1cc(Br)ccc1O. The van der Waals surface area contributed by atoms with Gasteiger partial charge in [0, 0.05) is 4.47 Å². The summed E-state index contributed by atoms with van der Waals surface area (Å²) >= 11 is 3.41. The average molecular weight is 257 g/mol. The van der Waals surface area contributed by atoms with E-state index in [2.05, 4.69) is 22.9 Å². The maximum absolute atomic E-state index is 9.57. The Balaban J connectivity index is 2.45. The molecule has 0 aromatic heterocycles. The van der Waals surface area contributed by atoms with E-state index >= 15 is 0 Å². The molecule has 0 bridgehead atoms. The first-order valence-corrected chi connectivity index (χ1v) is 6.00. The quantitative estimate of drug-likeness (QED) is 0.780. The zero-order valence-electron chi connectivity index (χ0n) is 8.59. The topological polar surface area (TPSA) is 20.2 Å². The molecule has 0 aliphatic heterocycles. The fraction of sp³-hybridized carbons (Fsp3) is 0.500. The molecule has 1 nitrogen and oxygen atoms in total. The lowest BCUT2D eigenvalue weighted by atomic mass is 10.1. The molecule has 0 atom stereocenters. The molecule has 0 aliphatic rings. The lowest BCUT2D eigenvalue weighted by Gasteiger charge is -2.04. The van der Waals surface area contributed by atoms with Crippen molar-refractivity contribution in [2.45, 2.75) is 39.0 Å². The predicted octanol–water partition coefficient (Wildman–Crippen LogP) is 4.28. The Morgan fingerprint density at radius 2 is 2.00 bits per heavy atom. The molecule has 1 aromatic carbocycles. The number of phenols is 1. The Morgan fingerprint density at radius 3 is 2.71 bits per heavy atom. The summed E-state index contributed by atoms with van der Waals surface area (Å²) in [6, 6.07) is 5.62. The standard InChI is InChI=1S/C12H17BrO/c1-2-3-4-5-6-10-9-11(13)7-8-12(10)14/h7-9,14H,2-6H2,1H3. The summed E-state index contributed by atoms with van der Waals surface area (Å²) in [6.07, 6.45) is 5.94. The van der Waals surface area contributed by atoms with E-state index in [1.807, 2.05) is 12.1 Å². The minimum atomic E-state index is 0.421. The van der Waals surface area contributed by atoms with Crippen molar-refractivity contribution < 1.29 is 5.11 Å². The lowest BCUT2D eigenvalue weighted by Crippen LogP contribution is -1.87. The molecule has 0 spiro atoms. The molecule has 2 heteroatoms. The number of benzene rings is 1. The highest BCUT2D eigenvalue weighted by molar-refractivity contribution is 9.10. The summed E-state index contributed by atoms with van der Waals surface area (Å²) in [5.41, 5.74) is 1.05. The molecule has 1 rings (SSSR count). The summed E-state index contributed by atoms with van der Waals surface area (Å²) < 4.78 is 1.04. The van der Waals surface area contributed by atoms with Gasteiger partial charge in [0.05, 0.1) is 0 Å². The predicted molar refractivity (Wildman–Crippen MR) is 63.7 cm³/mol. The van der Waals surface area contributed by atoms with Crippen LogP contribution in [0.15, 0.2) is 22.7 Å². The third-order valence-corrected chi connectivity index (χ3v) is 2.83. The van der Waals surface area contributed by atoms with E-state index in [0.29, 0.717) is 5.75 Å². The number of aryl methyl sites for hydroxylation is 1. The number of aromatic hydroxyl groups is 1. The van der Waals surface area contributed by atoms with Crippen LogP contribution < -0.4 is 0 Å². The lowest BCUT2D eigenvalue weighted by molar-refractivity contribution is 0.466. The molecule has 1 aromatic rings. The monoisotopic (exact) mass is 256 g/mol. The number of hydrogen-bond acceptors (Lipinski definition) is 1. The minimum Gasteiger partial charge on any atom is -0.508 e. The Labute approximate surface area is 94.3 Å². The van der Waals surface area contributed by atoms with Crippen molar-refractivity contribution in [1.29, 1.82) is 0 Å². The molecule has 0 heterocycles. The minimum absolute atomic E-state index is 0.421. The smallest absolute Gasteiger partial charge is 0.118 e. The van der Waals surface area contributed by atoms with Crippen molar-refractivity contribution in [3.05, 3.63) is 28.2 Å². The second kappa shape index (κ2) is 6.07. The maximum atomic E-state index is 9.57. The van der Waals surface area contributed by atoms with Gasteiger partial charge >= 0.3 is 0 Å². The van der Waals surface area contributed by atoms with Crippen LogP contribution in [-0.2, 0) is 6.42 Å². The van der Waals surface area contributed by atoms with Crippen molar-refractivity contribution in [3.63, 3.8) is 0 Å². The molecule has 0 saturated heterocycles. The van der Waals surface area contributed by atoms with E-state index in [-0.39, 0.29) is 0 Å². The summed E-state index contributed by atoms with van der Waals surface area (Å²) in [7, 11) is 0. The Hall–Kier alpha value is -0.500.